The van der Waals surface area contributed by atoms with Gasteiger partial charge in [-0.05, 0) is 52.0 Å². The van der Waals surface area contributed by atoms with Crippen molar-refractivity contribution in [3.8, 4) is 0 Å². The molecule has 1 unspecified atom stereocenters. The second kappa shape index (κ2) is 7.49. The summed E-state index contributed by atoms with van der Waals surface area (Å²) in [5.41, 5.74) is 2.51. The molecule has 0 N–H and O–H groups in total. The normalized spacial score (nSPS) is 19.7. The predicted octanol–water partition coefficient (Wildman–Crippen LogP) is 4.20. The van der Waals surface area contributed by atoms with Gasteiger partial charge in [-0.15, -0.1) is 0 Å². The molecular formula is C22H28N6O2. The van der Waals surface area contributed by atoms with Crippen LogP contribution < -0.4 is 0 Å². The number of rotatable bonds is 5. The molecule has 8 nitrogen and oxygen atoms in total. The van der Waals surface area contributed by atoms with Crippen LogP contribution in [0.1, 0.15) is 98.6 Å². The monoisotopic (exact) mass is 408 g/mol. The van der Waals surface area contributed by atoms with Crippen molar-refractivity contribution >= 4 is 16.9 Å². The lowest BCUT2D eigenvalue weighted by Gasteiger charge is -2.34. The Balaban J connectivity index is 1.57. The predicted molar refractivity (Wildman–Crippen MR) is 111 cm³/mol. The van der Waals surface area contributed by atoms with Crippen LogP contribution in [0, 0.1) is 0 Å². The molecule has 1 saturated carbocycles. The molecule has 1 aliphatic carbocycles. The van der Waals surface area contributed by atoms with E-state index in [4.69, 9.17) is 9.51 Å². The number of hydrogen-bond acceptors (Lipinski definition) is 6. The first-order chi connectivity index (χ1) is 14.6. The van der Waals surface area contributed by atoms with Crippen LogP contribution in [0.3, 0.4) is 0 Å². The lowest BCUT2D eigenvalue weighted by atomic mass is 9.99. The maximum Gasteiger partial charge on any atom is 0.255 e. The Hall–Kier alpha value is -2.77. The number of pyridine rings is 1. The molecule has 1 saturated heterocycles. The van der Waals surface area contributed by atoms with E-state index in [1.165, 1.54) is 0 Å². The van der Waals surface area contributed by atoms with E-state index in [1.54, 1.807) is 6.20 Å². The number of carbonyl (C=O) groups excluding carboxylic acids is 1. The average molecular weight is 409 g/mol. The summed E-state index contributed by atoms with van der Waals surface area (Å²) in [4.78, 5) is 25.2. The lowest BCUT2D eigenvalue weighted by molar-refractivity contribution is 0.0598. The summed E-state index contributed by atoms with van der Waals surface area (Å²) < 4.78 is 7.25. The number of fused-ring (bicyclic) bond motifs is 1. The molecule has 3 aromatic rings. The molecule has 2 fully saturated rings. The summed E-state index contributed by atoms with van der Waals surface area (Å²) in [7, 11) is 0. The zero-order valence-corrected chi connectivity index (χ0v) is 17.8. The molecule has 0 bridgehead atoms. The first kappa shape index (κ1) is 19.2. The summed E-state index contributed by atoms with van der Waals surface area (Å²) in [6.07, 6.45) is 7.63. The smallest absolute Gasteiger partial charge is 0.255 e. The average Bonchev–Trinajstić information content (AvgIpc) is 3.34. The second-order valence-electron chi connectivity index (χ2n) is 8.70. The number of piperidine rings is 1. The molecule has 3 aromatic heterocycles. The first-order valence-electron chi connectivity index (χ1n) is 11.1. The standard InChI is InChI=1S/C22H28N6O2/c1-4-19-25-20(26-30-19)18-7-5-6-10-27(18)22(29)15-11-17(14-8-9-14)24-21-16(15)12-23-28(21)13(2)3/h11-14,18H,4-10H2,1-3H3. The molecule has 5 rings (SSSR count). The van der Waals surface area contributed by atoms with E-state index in [1.807, 2.05) is 22.6 Å². The minimum Gasteiger partial charge on any atom is -0.339 e. The highest BCUT2D eigenvalue weighted by Gasteiger charge is 2.34. The molecule has 0 aromatic carbocycles. The summed E-state index contributed by atoms with van der Waals surface area (Å²) in [5.74, 6) is 1.70. The third-order valence-electron chi connectivity index (χ3n) is 6.15. The Morgan fingerprint density at radius 3 is 2.77 bits per heavy atom. The Morgan fingerprint density at radius 1 is 1.23 bits per heavy atom. The summed E-state index contributed by atoms with van der Waals surface area (Å²) >= 11 is 0. The van der Waals surface area contributed by atoms with Gasteiger partial charge in [-0.1, -0.05) is 12.1 Å². The van der Waals surface area contributed by atoms with Crippen molar-refractivity contribution in [3.63, 3.8) is 0 Å². The molecule has 1 amide bonds. The third kappa shape index (κ3) is 3.28. The number of hydrogen-bond donors (Lipinski definition) is 0. The fraction of sp³-hybridized carbons (Fsp3) is 0.591. The lowest BCUT2D eigenvalue weighted by Crippen LogP contribution is -2.39. The maximum absolute atomic E-state index is 13.8. The molecule has 0 radical (unpaired) electrons. The molecule has 1 aliphatic heterocycles. The molecule has 0 spiro atoms. The topological polar surface area (TPSA) is 89.9 Å². The SMILES string of the molecule is CCc1nc(C2CCCCN2C(=O)c2cc(C3CC3)nc3c2cnn3C(C)C)no1. The number of amides is 1. The molecule has 30 heavy (non-hydrogen) atoms. The van der Waals surface area contributed by atoms with E-state index in [9.17, 15) is 4.79 Å². The van der Waals surface area contributed by atoms with Gasteiger partial charge in [0.15, 0.2) is 11.5 Å². The Labute approximate surface area is 175 Å². The summed E-state index contributed by atoms with van der Waals surface area (Å²) in [6.45, 7) is 6.85. The second-order valence-corrected chi connectivity index (χ2v) is 8.70. The number of aromatic nitrogens is 5. The van der Waals surface area contributed by atoms with Crippen LogP contribution in [-0.2, 0) is 6.42 Å². The minimum absolute atomic E-state index is 0.0140. The molecular weight excluding hydrogens is 380 g/mol. The van der Waals surface area contributed by atoms with Crippen LogP contribution in [-0.4, -0.2) is 42.3 Å². The first-order valence-corrected chi connectivity index (χ1v) is 11.1. The van der Waals surface area contributed by atoms with Gasteiger partial charge in [0.2, 0.25) is 5.89 Å². The Bertz CT molecular complexity index is 1080. The number of likely N-dealkylation sites (tertiary alicyclic amines) is 1. The largest absolute Gasteiger partial charge is 0.339 e. The zero-order valence-electron chi connectivity index (χ0n) is 17.8. The van der Waals surface area contributed by atoms with Crippen molar-refractivity contribution in [2.45, 2.75) is 77.3 Å². The maximum atomic E-state index is 13.8. The molecule has 8 heteroatoms. The number of aryl methyl sites for hydroxylation is 1. The van der Waals surface area contributed by atoms with Gasteiger partial charge in [0.05, 0.1) is 23.2 Å². The summed E-state index contributed by atoms with van der Waals surface area (Å²) in [6, 6.07) is 2.03. The van der Waals surface area contributed by atoms with Crippen molar-refractivity contribution in [2.24, 2.45) is 0 Å². The highest BCUT2D eigenvalue weighted by Crippen LogP contribution is 2.41. The fourth-order valence-corrected chi connectivity index (χ4v) is 4.33. The van der Waals surface area contributed by atoms with E-state index >= 15 is 0 Å². The molecule has 4 heterocycles. The Morgan fingerprint density at radius 2 is 2.07 bits per heavy atom. The molecule has 1 atom stereocenters. The highest BCUT2D eigenvalue weighted by atomic mass is 16.5. The van der Waals surface area contributed by atoms with Gasteiger partial charge in [0, 0.05) is 30.6 Å². The number of nitrogens with zero attached hydrogens (tertiary/aromatic N) is 6. The van der Waals surface area contributed by atoms with Gasteiger partial charge in [-0.25, -0.2) is 9.67 Å². The molecule has 2 aliphatic rings. The van der Waals surface area contributed by atoms with Crippen molar-refractivity contribution < 1.29 is 9.32 Å². The van der Waals surface area contributed by atoms with E-state index in [0.717, 1.165) is 48.8 Å². The zero-order chi connectivity index (χ0) is 20.8. The van der Waals surface area contributed by atoms with Gasteiger partial charge in [-0.2, -0.15) is 10.1 Å². The van der Waals surface area contributed by atoms with Crippen molar-refractivity contribution in [1.82, 2.24) is 29.8 Å². The van der Waals surface area contributed by atoms with E-state index in [2.05, 4.69) is 29.1 Å². The van der Waals surface area contributed by atoms with Crippen molar-refractivity contribution in [1.29, 1.82) is 0 Å². The van der Waals surface area contributed by atoms with Crippen LogP contribution in [0.2, 0.25) is 0 Å². The van der Waals surface area contributed by atoms with Gasteiger partial charge >= 0.3 is 0 Å². The van der Waals surface area contributed by atoms with Gasteiger partial charge in [0.25, 0.3) is 5.91 Å². The van der Waals surface area contributed by atoms with Crippen molar-refractivity contribution in [2.75, 3.05) is 6.54 Å². The van der Waals surface area contributed by atoms with Crippen LogP contribution >= 0.6 is 0 Å². The van der Waals surface area contributed by atoms with E-state index in [-0.39, 0.29) is 18.0 Å². The molecule has 158 valence electrons. The quantitative estimate of drug-likeness (QED) is 0.628. The third-order valence-corrected chi connectivity index (χ3v) is 6.15. The van der Waals surface area contributed by atoms with Crippen LogP contribution in [0.15, 0.2) is 16.8 Å². The highest BCUT2D eigenvalue weighted by molar-refractivity contribution is 6.05. The van der Waals surface area contributed by atoms with E-state index < -0.39 is 0 Å². The van der Waals surface area contributed by atoms with Crippen LogP contribution in [0.4, 0.5) is 0 Å². The fourth-order valence-electron chi connectivity index (χ4n) is 4.33. The van der Waals surface area contributed by atoms with Crippen LogP contribution in [0.5, 0.6) is 0 Å². The van der Waals surface area contributed by atoms with E-state index in [0.29, 0.717) is 36.2 Å². The van der Waals surface area contributed by atoms with Gasteiger partial charge < -0.3 is 9.42 Å². The number of carbonyl (C=O) groups is 1. The minimum atomic E-state index is -0.150. The Kier molecular flexibility index (Phi) is 4.79. The van der Waals surface area contributed by atoms with Crippen LogP contribution in [0.25, 0.3) is 11.0 Å². The van der Waals surface area contributed by atoms with Gasteiger partial charge in [0.1, 0.15) is 0 Å². The van der Waals surface area contributed by atoms with Gasteiger partial charge in [-0.3, -0.25) is 4.79 Å². The summed E-state index contributed by atoms with van der Waals surface area (Å²) in [5, 5.41) is 9.54. The van der Waals surface area contributed by atoms with Crippen molar-refractivity contribution in [3.05, 3.63) is 35.2 Å².